The topological polar surface area (TPSA) is 41.6 Å². The molecule has 0 rings (SSSR count). The average Bonchev–Trinajstić information content (AvgIpc) is 2.11. The molecule has 0 radical (unpaired) electrons. The van der Waals surface area contributed by atoms with E-state index in [1.165, 1.54) is 0 Å². The highest BCUT2D eigenvalue weighted by Crippen LogP contribution is 1.85. The van der Waals surface area contributed by atoms with Crippen molar-refractivity contribution in [1.82, 2.24) is 10.2 Å². The van der Waals surface area contributed by atoms with E-state index >= 15 is 0 Å². The van der Waals surface area contributed by atoms with Gasteiger partial charge in [0.1, 0.15) is 0 Å². The first-order valence-electron chi connectivity index (χ1n) is 5.16. The minimum Gasteiger partial charge on any atom is -0.378 e. The number of ether oxygens (including phenoxy) is 1. The van der Waals surface area contributed by atoms with Crippen LogP contribution in [0.3, 0.4) is 0 Å². The minimum atomic E-state index is 0.115. The van der Waals surface area contributed by atoms with E-state index in [0.717, 1.165) is 19.6 Å². The van der Waals surface area contributed by atoms with Crippen LogP contribution in [0.25, 0.3) is 0 Å². The van der Waals surface area contributed by atoms with Crippen molar-refractivity contribution in [3.8, 4) is 0 Å². The summed E-state index contributed by atoms with van der Waals surface area (Å²) in [5.74, 6) is 0.115. The third-order valence-corrected chi connectivity index (χ3v) is 1.73. The minimum absolute atomic E-state index is 0.115. The Morgan fingerprint density at radius 1 is 1.36 bits per heavy atom. The van der Waals surface area contributed by atoms with E-state index < -0.39 is 0 Å². The Morgan fingerprint density at radius 3 is 2.64 bits per heavy atom. The van der Waals surface area contributed by atoms with Gasteiger partial charge in [-0.15, -0.1) is 0 Å². The van der Waals surface area contributed by atoms with E-state index in [9.17, 15) is 4.79 Å². The number of amides is 1. The molecule has 0 aliphatic heterocycles. The van der Waals surface area contributed by atoms with Gasteiger partial charge < -0.3 is 15.0 Å². The van der Waals surface area contributed by atoms with Gasteiger partial charge in [0, 0.05) is 19.5 Å². The second kappa shape index (κ2) is 8.97. The molecule has 0 aliphatic rings. The van der Waals surface area contributed by atoms with Gasteiger partial charge in [-0.1, -0.05) is 6.92 Å². The molecule has 4 nitrogen and oxygen atoms in total. The highest BCUT2D eigenvalue weighted by atomic mass is 16.5. The fourth-order valence-electron chi connectivity index (χ4n) is 0.927. The number of nitrogens with one attached hydrogen (secondary N) is 1. The van der Waals surface area contributed by atoms with Crippen LogP contribution < -0.4 is 5.32 Å². The van der Waals surface area contributed by atoms with Crippen molar-refractivity contribution in [1.29, 1.82) is 0 Å². The van der Waals surface area contributed by atoms with Crippen molar-refractivity contribution in [3.05, 3.63) is 0 Å². The predicted molar refractivity (Wildman–Crippen MR) is 57.3 cm³/mol. The summed E-state index contributed by atoms with van der Waals surface area (Å²) in [5, 5.41) is 2.79. The van der Waals surface area contributed by atoms with E-state index in [0.29, 0.717) is 19.6 Å². The Morgan fingerprint density at radius 2 is 2.07 bits per heavy atom. The van der Waals surface area contributed by atoms with Crippen LogP contribution in [-0.2, 0) is 9.53 Å². The van der Waals surface area contributed by atoms with Crippen LogP contribution >= 0.6 is 0 Å². The molecule has 0 fully saturated rings. The molecule has 0 aromatic carbocycles. The zero-order valence-corrected chi connectivity index (χ0v) is 9.51. The third-order valence-electron chi connectivity index (χ3n) is 1.73. The lowest BCUT2D eigenvalue weighted by atomic mass is 10.3. The van der Waals surface area contributed by atoms with Gasteiger partial charge in [-0.25, -0.2) is 0 Å². The van der Waals surface area contributed by atoms with Gasteiger partial charge in [0.15, 0.2) is 0 Å². The zero-order valence-electron chi connectivity index (χ0n) is 9.51. The fourth-order valence-corrected chi connectivity index (χ4v) is 0.927. The molecule has 4 heteroatoms. The maximum Gasteiger partial charge on any atom is 0.220 e. The molecule has 0 bridgehead atoms. The van der Waals surface area contributed by atoms with E-state index in [2.05, 4.69) is 10.2 Å². The van der Waals surface area contributed by atoms with Gasteiger partial charge in [0.25, 0.3) is 0 Å². The van der Waals surface area contributed by atoms with Gasteiger partial charge >= 0.3 is 0 Å². The molecule has 0 aromatic heterocycles. The van der Waals surface area contributed by atoms with Crippen molar-refractivity contribution < 1.29 is 9.53 Å². The normalized spacial score (nSPS) is 10.6. The van der Waals surface area contributed by atoms with Crippen LogP contribution in [0, 0.1) is 0 Å². The number of nitrogens with zero attached hydrogens (tertiary/aromatic N) is 1. The third kappa shape index (κ3) is 9.48. The summed E-state index contributed by atoms with van der Waals surface area (Å²) in [6, 6.07) is 0. The highest BCUT2D eigenvalue weighted by molar-refractivity contribution is 5.75. The fraction of sp³-hybridized carbons (Fsp3) is 0.900. The molecule has 0 aromatic rings. The zero-order chi connectivity index (χ0) is 10.8. The quantitative estimate of drug-likeness (QED) is 0.582. The van der Waals surface area contributed by atoms with Crippen molar-refractivity contribution >= 4 is 5.91 Å². The van der Waals surface area contributed by atoms with Crippen molar-refractivity contribution in [2.24, 2.45) is 0 Å². The summed E-state index contributed by atoms with van der Waals surface area (Å²) < 4.78 is 5.32. The number of hydrogen-bond acceptors (Lipinski definition) is 3. The Labute approximate surface area is 86.6 Å². The van der Waals surface area contributed by atoms with Crippen LogP contribution in [-0.4, -0.2) is 51.2 Å². The maximum absolute atomic E-state index is 11.0. The Balaban J connectivity index is 3.09. The smallest absolute Gasteiger partial charge is 0.220 e. The van der Waals surface area contributed by atoms with Gasteiger partial charge in [0.05, 0.1) is 13.2 Å². The molecular weight excluding hydrogens is 180 g/mol. The van der Waals surface area contributed by atoms with Gasteiger partial charge in [-0.2, -0.15) is 0 Å². The molecule has 14 heavy (non-hydrogen) atoms. The van der Waals surface area contributed by atoms with Crippen molar-refractivity contribution in [3.63, 3.8) is 0 Å². The molecule has 0 aliphatic carbocycles. The molecule has 0 atom stereocenters. The number of hydrogen-bond donors (Lipinski definition) is 1. The second-order valence-corrected chi connectivity index (χ2v) is 3.52. The molecular formula is C10H22N2O2. The number of likely N-dealkylation sites (N-methyl/N-ethyl adjacent to an activating group) is 1. The summed E-state index contributed by atoms with van der Waals surface area (Å²) in [5.41, 5.74) is 0. The van der Waals surface area contributed by atoms with Crippen LogP contribution in [0.4, 0.5) is 0 Å². The van der Waals surface area contributed by atoms with E-state index in [1.807, 2.05) is 21.0 Å². The lowest BCUT2D eigenvalue weighted by Crippen LogP contribution is -2.28. The van der Waals surface area contributed by atoms with Crippen LogP contribution in [0.2, 0.25) is 0 Å². The summed E-state index contributed by atoms with van der Waals surface area (Å²) in [4.78, 5) is 13.1. The Hall–Kier alpha value is -0.610. The largest absolute Gasteiger partial charge is 0.378 e. The lowest BCUT2D eigenvalue weighted by molar-refractivity contribution is -0.121. The molecule has 0 saturated heterocycles. The first-order valence-corrected chi connectivity index (χ1v) is 5.16. The molecule has 0 heterocycles. The molecule has 0 unspecified atom stereocenters. The van der Waals surface area contributed by atoms with Gasteiger partial charge in [-0.3, -0.25) is 4.79 Å². The highest BCUT2D eigenvalue weighted by Gasteiger charge is 1.97. The van der Waals surface area contributed by atoms with E-state index in [4.69, 9.17) is 4.74 Å². The molecule has 0 spiro atoms. The molecule has 1 N–H and O–H groups in total. The Kier molecular flexibility index (Phi) is 8.57. The predicted octanol–water partition coefficient (Wildman–Crippen LogP) is 0.481. The maximum atomic E-state index is 11.0. The molecule has 84 valence electrons. The first-order chi connectivity index (χ1) is 6.66. The number of rotatable bonds is 8. The number of carbonyl (C=O) groups is 1. The SMILES string of the molecule is CCCC(=O)NCCOCCN(C)C. The summed E-state index contributed by atoms with van der Waals surface area (Å²) in [7, 11) is 4.01. The van der Waals surface area contributed by atoms with Gasteiger partial charge in [-0.05, 0) is 20.5 Å². The standard InChI is InChI=1S/C10H22N2O2/c1-4-5-10(13)11-6-8-14-9-7-12(2)3/h4-9H2,1-3H3,(H,11,13). The lowest BCUT2D eigenvalue weighted by Gasteiger charge is -2.10. The molecule has 1 amide bonds. The summed E-state index contributed by atoms with van der Waals surface area (Å²) >= 11 is 0. The van der Waals surface area contributed by atoms with Crippen molar-refractivity contribution in [2.75, 3.05) is 40.4 Å². The number of carbonyl (C=O) groups excluding carboxylic acids is 1. The summed E-state index contributed by atoms with van der Waals surface area (Å²) in [6.07, 6.45) is 1.50. The van der Waals surface area contributed by atoms with Crippen molar-refractivity contribution in [2.45, 2.75) is 19.8 Å². The molecule has 0 saturated carbocycles. The van der Waals surface area contributed by atoms with Gasteiger partial charge in [0.2, 0.25) is 5.91 Å². The van der Waals surface area contributed by atoms with Crippen LogP contribution in [0.5, 0.6) is 0 Å². The first kappa shape index (κ1) is 13.4. The van der Waals surface area contributed by atoms with E-state index in [1.54, 1.807) is 0 Å². The summed E-state index contributed by atoms with van der Waals surface area (Å²) in [6.45, 7) is 4.85. The average molecular weight is 202 g/mol. The second-order valence-electron chi connectivity index (χ2n) is 3.52. The Bertz CT molecular complexity index is 149. The van der Waals surface area contributed by atoms with Crippen LogP contribution in [0.15, 0.2) is 0 Å². The monoisotopic (exact) mass is 202 g/mol. The van der Waals surface area contributed by atoms with E-state index in [-0.39, 0.29) is 5.91 Å². The van der Waals surface area contributed by atoms with Crippen LogP contribution in [0.1, 0.15) is 19.8 Å².